The Morgan fingerprint density at radius 1 is 1.13 bits per heavy atom. The number of quaternary nitrogens is 1. The molecule has 1 rings (SSSR count). The van der Waals surface area contributed by atoms with Crippen LogP contribution in [0.15, 0.2) is 24.0 Å². The third-order valence-corrected chi connectivity index (χ3v) is 2.90. The van der Waals surface area contributed by atoms with Gasteiger partial charge in [-0.2, -0.15) is 0 Å². The monoisotopic (exact) mass is 229 g/mol. The van der Waals surface area contributed by atoms with Crippen molar-refractivity contribution in [2.24, 2.45) is 0 Å². The molecule has 0 aromatic carbocycles. The van der Waals surface area contributed by atoms with Crippen LogP contribution < -0.4 is 12.4 Å². The molecule has 15 heavy (non-hydrogen) atoms. The van der Waals surface area contributed by atoms with Crippen molar-refractivity contribution in [3.05, 3.63) is 24.0 Å². The molecule has 0 aliphatic carbocycles. The maximum Gasteiger partial charge on any atom is 0.104 e. The Kier molecular flexibility index (Phi) is 6.95. The lowest BCUT2D eigenvalue weighted by Crippen LogP contribution is -3.00. The summed E-state index contributed by atoms with van der Waals surface area (Å²) in [5, 5.41) is 0. The maximum absolute atomic E-state index is 2.42. The molecule has 0 amide bonds. The summed E-state index contributed by atoms with van der Waals surface area (Å²) >= 11 is 0. The second kappa shape index (κ2) is 7.08. The van der Waals surface area contributed by atoms with Gasteiger partial charge >= 0.3 is 0 Å². The van der Waals surface area contributed by atoms with Gasteiger partial charge in [0.05, 0.1) is 13.6 Å². The number of halogens is 1. The van der Waals surface area contributed by atoms with E-state index in [1.54, 1.807) is 0 Å². The molecule has 1 unspecified atom stereocenters. The second-order valence-corrected chi connectivity index (χ2v) is 4.55. The lowest BCUT2D eigenvalue weighted by Gasteiger charge is -2.22. The van der Waals surface area contributed by atoms with Crippen LogP contribution in [0.4, 0.5) is 0 Å². The molecule has 0 N–H and O–H groups in total. The number of hydrogen-bond donors (Lipinski definition) is 0. The first-order valence-electron chi connectivity index (χ1n) is 5.96. The number of nitrogens with zero attached hydrogens (tertiary/aromatic N) is 1. The standard InChI is InChI=1S/C13H24N.ClH/c1-4-6-8-13-9-11-14(3,12-13)10-7-5-2;/h9,11-12H,4-8,10H2,1-3H3;1H/q+1;/p-1. The Hall–Kier alpha value is -0.270. The molecule has 1 nitrogen and oxygen atoms in total. The zero-order chi connectivity index (χ0) is 10.4. The van der Waals surface area contributed by atoms with Crippen LogP contribution in [-0.2, 0) is 0 Å². The van der Waals surface area contributed by atoms with E-state index in [2.05, 4.69) is 39.4 Å². The number of allylic oxidation sites excluding steroid dienone is 2. The minimum atomic E-state index is 0. The zero-order valence-electron chi connectivity index (χ0n) is 10.3. The van der Waals surface area contributed by atoms with E-state index in [0.717, 1.165) is 4.48 Å². The van der Waals surface area contributed by atoms with Gasteiger partial charge in [0.25, 0.3) is 0 Å². The summed E-state index contributed by atoms with van der Waals surface area (Å²) in [7, 11) is 2.30. The number of rotatable bonds is 6. The third kappa shape index (κ3) is 4.85. The largest absolute Gasteiger partial charge is 1.00 e. The molecule has 0 aromatic rings. The van der Waals surface area contributed by atoms with Gasteiger partial charge in [-0.05, 0) is 19.3 Å². The van der Waals surface area contributed by atoms with Crippen molar-refractivity contribution in [2.45, 2.75) is 46.0 Å². The molecule has 0 radical (unpaired) electrons. The normalized spacial score (nSPS) is 23.8. The zero-order valence-corrected chi connectivity index (χ0v) is 11.1. The molecule has 1 atom stereocenters. The van der Waals surface area contributed by atoms with Gasteiger partial charge in [0.15, 0.2) is 0 Å². The highest BCUT2D eigenvalue weighted by atomic mass is 35.5. The number of hydrogen-bond acceptors (Lipinski definition) is 0. The fraction of sp³-hybridized carbons (Fsp3) is 0.692. The van der Waals surface area contributed by atoms with Crippen LogP contribution in [0.3, 0.4) is 0 Å². The van der Waals surface area contributed by atoms with Crippen LogP contribution in [0.5, 0.6) is 0 Å². The summed E-state index contributed by atoms with van der Waals surface area (Å²) < 4.78 is 1.02. The summed E-state index contributed by atoms with van der Waals surface area (Å²) in [6.07, 6.45) is 13.6. The molecule has 1 aliphatic heterocycles. The van der Waals surface area contributed by atoms with Crippen LogP contribution in [0.25, 0.3) is 0 Å². The molecule has 0 spiro atoms. The van der Waals surface area contributed by atoms with Crippen LogP contribution in [0.1, 0.15) is 46.0 Å². The van der Waals surface area contributed by atoms with Crippen molar-refractivity contribution in [2.75, 3.05) is 13.6 Å². The van der Waals surface area contributed by atoms with Crippen LogP contribution in [0.2, 0.25) is 0 Å². The van der Waals surface area contributed by atoms with E-state index in [1.165, 1.54) is 44.2 Å². The summed E-state index contributed by atoms with van der Waals surface area (Å²) in [5.41, 5.74) is 1.53. The van der Waals surface area contributed by atoms with Crippen molar-refractivity contribution in [3.63, 3.8) is 0 Å². The highest BCUT2D eigenvalue weighted by Gasteiger charge is 2.20. The highest BCUT2D eigenvalue weighted by molar-refractivity contribution is 5.19. The highest BCUT2D eigenvalue weighted by Crippen LogP contribution is 2.22. The van der Waals surface area contributed by atoms with Gasteiger partial charge in [-0.1, -0.05) is 26.7 Å². The molecule has 2 heteroatoms. The maximum atomic E-state index is 2.42. The molecule has 0 aromatic heterocycles. The lowest BCUT2D eigenvalue weighted by atomic mass is 10.1. The summed E-state index contributed by atoms with van der Waals surface area (Å²) in [5.74, 6) is 0. The predicted molar refractivity (Wildman–Crippen MR) is 62.7 cm³/mol. The van der Waals surface area contributed by atoms with Crippen molar-refractivity contribution >= 4 is 0 Å². The molecule has 88 valence electrons. The summed E-state index contributed by atoms with van der Waals surface area (Å²) in [6, 6.07) is 0. The Balaban J connectivity index is 0.00000196. The molecule has 0 saturated carbocycles. The van der Waals surface area contributed by atoms with E-state index in [1.807, 2.05) is 0 Å². The van der Waals surface area contributed by atoms with Crippen LogP contribution in [-0.4, -0.2) is 18.1 Å². The van der Waals surface area contributed by atoms with Gasteiger partial charge in [0.2, 0.25) is 0 Å². The average Bonchev–Trinajstić information content (AvgIpc) is 2.55. The Morgan fingerprint density at radius 2 is 1.80 bits per heavy atom. The van der Waals surface area contributed by atoms with Crippen molar-refractivity contribution in [1.82, 2.24) is 0 Å². The number of unbranched alkanes of at least 4 members (excludes halogenated alkanes) is 2. The fourth-order valence-corrected chi connectivity index (χ4v) is 1.90. The van der Waals surface area contributed by atoms with Gasteiger partial charge in [0.1, 0.15) is 12.4 Å². The van der Waals surface area contributed by atoms with E-state index >= 15 is 0 Å². The first-order chi connectivity index (χ1) is 6.70. The first kappa shape index (κ1) is 14.7. The summed E-state index contributed by atoms with van der Waals surface area (Å²) in [6.45, 7) is 5.76. The minimum Gasteiger partial charge on any atom is -1.00 e. The Labute approximate surface area is 101 Å². The minimum absolute atomic E-state index is 0. The van der Waals surface area contributed by atoms with E-state index in [0.29, 0.717) is 0 Å². The van der Waals surface area contributed by atoms with Crippen molar-refractivity contribution in [3.8, 4) is 0 Å². The van der Waals surface area contributed by atoms with E-state index in [-0.39, 0.29) is 12.4 Å². The molecular formula is C13H24ClN. The van der Waals surface area contributed by atoms with Crippen molar-refractivity contribution in [1.29, 1.82) is 0 Å². The van der Waals surface area contributed by atoms with Gasteiger partial charge < -0.3 is 12.4 Å². The topological polar surface area (TPSA) is 0 Å². The van der Waals surface area contributed by atoms with E-state index < -0.39 is 0 Å². The predicted octanol–water partition coefficient (Wildman–Crippen LogP) is 0.838. The van der Waals surface area contributed by atoms with Crippen LogP contribution >= 0.6 is 0 Å². The molecule has 1 aliphatic rings. The third-order valence-electron chi connectivity index (χ3n) is 2.90. The summed E-state index contributed by atoms with van der Waals surface area (Å²) in [4.78, 5) is 0. The molecule has 0 saturated heterocycles. The van der Waals surface area contributed by atoms with E-state index in [4.69, 9.17) is 0 Å². The van der Waals surface area contributed by atoms with Gasteiger partial charge in [-0.3, -0.25) is 4.48 Å². The Bertz CT molecular complexity index is 233. The van der Waals surface area contributed by atoms with Gasteiger partial charge in [-0.15, -0.1) is 0 Å². The quantitative estimate of drug-likeness (QED) is 0.593. The van der Waals surface area contributed by atoms with Crippen molar-refractivity contribution < 1.29 is 16.9 Å². The van der Waals surface area contributed by atoms with Gasteiger partial charge in [0, 0.05) is 11.6 Å². The smallest absolute Gasteiger partial charge is 0.104 e. The second-order valence-electron chi connectivity index (χ2n) is 4.55. The van der Waals surface area contributed by atoms with Crippen LogP contribution in [0, 0.1) is 0 Å². The SMILES string of the molecule is CCCCC1=C[N+](C)(CCCC)C=C1.[Cl-]. The molecular weight excluding hydrogens is 206 g/mol. The first-order valence-corrected chi connectivity index (χ1v) is 5.96. The average molecular weight is 230 g/mol. The van der Waals surface area contributed by atoms with E-state index in [9.17, 15) is 0 Å². The fourth-order valence-electron chi connectivity index (χ4n) is 1.90. The lowest BCUT2D eigenvalue weighted by molar-refractivity contribution is -0.804. The molecule has 0 fully saturated rings. The van der Waals surface area contributed by atoms with Gasteiger partial charge in [-0.25, -0.2) is 0 Å². The molecule has 0 bridgehead atoms. The Morgan fingerprint density at radius 3 is 2.40 bits per heavy atom. The molecule has 1 heterocycles.